The van der Waals surface area contributed by atoms with Crippen LogP contribution in [-0.2, 0) is 20.5 Å². The molecule has 0 aromatic heterocycles. The van der Waals surface area contributed by atoms with Gasteiger partial charge in [0.05, 0.1) is 12.7 Å². The molecule has 2 aliphatic rings. The topological polar surface area (TPSA) is 95.9 Å². The van der Waals surface area contributed by atoms with Crippen LogP contribution in [0.3, 0.4) is 0 Å². The quantitative estimate of drug-likeness (QED) is 0.614. The summed E-state index contributed by atoms with van der Waals surface area (Å²) >= 11 is 6.21. The van der Waals surface area contributed by atoms with Gasteiger partial charge in [0, 0.05) is 29.1 Å². The molecule has 2 aromatic carbocycles. The molecule has 0 saturated carbocycles. The summed E-state index contributed by atoms with van der Waals surface area (Å²) < 4.78 is 4.78. The molecule has 1 fully saturated rings. The molecule has 7 nitrogen and oxygen atoms in total. The second-order valence-corrected chi connectivity index (χ2v) is 10.6. The second-order valence-electron chi connectivity index (χ2n) is 10.2. The summed E-state index contributed by atoms with van der Waals surface area (Å²) in [4.78, 5) is 40.4. The fraction of sp³-hybridized carbons (Fsp3) is 0.444. The maximum absolute atomic E-state index is 13.6. The lowest BCUT2D eigenvalue weighted by Gasteiger charge is -2.61. The lowest BCUT2D eigenvalue weighted by Crippen LogP contribution is -2.68. The van der Waals surface area contributed by atoms with Crippen molar-refractivity contribution in [3.05, 3.63) is 69.2 Å². The third-order valence-corrected chi connectivity index (χ3v) is 7.71. The van der Waals surface area contributed by atoms with Crippen molar-refractivity contribution in [3.8, 4) is 0 Å². The number of hydrogen-bond donors (Lipinski definition) is 2. The Kier molecular flexibility index (Phi) is 6.45. The molecule has 0 radical (unpaired) electrons. The van der Waals surface area contributed by atoms with Crippen LogP contribution in [0.5, 0.6) is 0 Å². The number of nitrogens with zero attached hydrogens (tertiary/aromatic N) is 1. The van der Waals surface area contributed by atoms with E-state index in [1.807, 2.05) is 32.9 Å². The predicted molar refractivity (Wildman–Crippen MR) is 133 cm³/mol. The van der Waals surface area contributed by atoms with E-state index in [2.05, 4.69) is 5.32 Å². The maximum atomic E-state index is 13.6. The number of benzene rings is 2. The summed E-state index contributed by atoms with van der Waals surface area (Å²) in [5.74, 6) is -1.35. The van der Waals surface area contributed by atoms with Crippen molar-refractivity contribution >= 4 is 29.4 Å². The molecule has 8 heteroatoms. The highest BCUT2D eigenvalue weighted by Crippen LogP contribution is 2.59. The summed E-state index contributed by atoms with van der Waals surface area (Å²) in [5, 5.41) is 14.9. The van der Waals surface area contributed by atoms with E-state index in [4.69, 9.17) is 16.3 Å². The zero-order chi connectivity index (χ0) is 25.7. The Morgan fingerprint density at radius 1 is 1.11 bits per heavy atom. The number of methoxy groups -OCH3 is 1. The molecular weight excluding hydrogens is 468 g/mol. The third-order valence-electron chi connectivity index (χ3n) is 7.48. The van der Waals surface area contributed by atoms with Gasteiger partial charge in [-0.05, 0) is 66.3 Å². The molecule has 1 unspecified atom stereocenters. The Labute approximate surface area is 210 Å². The number of halogens is 1. The van der Waals surface area contributed by atoms with Crippen LogP contribution in [0.1, 0.15) is 64.6 Å². The Morgan fingerprint density at radius 2 is 1.80 bits per heavy atom. The fourth-order valence-electron chi connectivity index (χ4n) is 5.45. The Balaban J connectivity index is 1.55. The van der Waals surface area contributed by atoms with Crippen LogP contribution in [0.4, 0.5) is 0 Å². The first kappa shape index (κ1) is 25.2. The maximum Gasteiger partial charge on any atom is 0.337 e. The first-order chi connectivity index (χ1) is 16.4. The lowest BCUT2D eigenvalue weighted by molar-refractivity contribution is -0.153. The number of esters is 1. The first-order valence-electron chi connectivity index (χ1n) is 11.7. The zero-order valence-corrected chi connectivity index (χ0v) is 21.4. The molecule has 0 bridgehead atoms. The summed E-state index contributed by atoms with van der Waals surface area (Å²) in [7, 11) is 1.28. The van der Waals surface area contributed by atoms with Crippen molar-refractivity contribution < 1.29 is 24.2 Å². The van der Waals surface area contributed by atoms with Crippen LogP contribution >= 0.6 is 11.6 Å². The number of ether oxygens (including phenoxy) is 1. The minimum absolute atomic E-state index is 0.173. The van der Waals surface area contributed by atoms with E-state index >= 15 is 0 Å². The van der Waals surface area contributed by atoms with Gasteiger partial charge in [0.2, 0.25) is 5.91 Å². The summed E-state index contributed by atoms with van der Waals surface area (Å²) in [6, 6.07) is 9.51. The number of carbonyl (C=O) groups excluding carboxylic acids is 3. The largest absolute Gasteiger partial charge is 0.465 e. The summed E-state index contributed by atoms with van der Waals surface area (Å²) in [6.07, 6.45) is 0.406. The van der Waals surface area contributed by atoms with Crippen molar-refractivity contribution in [3.63, 3.8) is 0 Å². The number of nitrogens with one attached hydrogen (secondary N) is 1. The van der Waals surface area contributed by atoms with E-state index in [9.17, 15) is 19.5 Å². The number of likely N-dealkylation sites (tertiary alicyclic amines) is 1. The molecule has 35 heavy (non-hydrogen) atoms. The van der Waals surface area contributed by atoms with Crippen LogP contribution in [0.15, 0.2) is 36.4 Å². The summed E-state index contributed by atoms with van der Waals surface area (Å²) in [6.45, 7) is 8.19. The van der Waals surface area contributed by atoms with Crippen molar-refractivity contribution in [1.82, 2.24) is 10.2 Å². The van der Waals surface area contributed by atoms with Gasteiger partial charge < -0.3 is 20.1 Å². The van der Waals surface area contributed by atoms with Gasteiger partial charge in [-0.1, -0.05) is 38.4 Å². The van der Waals surface area contributed by atoms with E-state index < -0.39 is 28.9 Å². The average molecular weight is 499 g/mol. The van der Waals surface area contributed by atoms with Crippen molar-refractivity contribution in [2.24, 2.45) is 5.92 Å². The lowest BCUT2D eigenvalue weighted by atomic mass is 9.51. The molecule has 3 atom stereocenters. The Bertz CT molecular complexity index is 1210. The van der Waals surface area contributed by atoms with Gasteiger partial charge in [-0.25, -0.2) is 4.79 Å². The predicted octanol–water partition coefficient (Wildman–Crippen LogP) is 3.58. The molecule has 2 aromatic rings. The monoisotopic (exact) mass is 498 g/mol. The standard InChI is InChI=1S/C27H31ClN2O5/c1-15(2)22(29-23(31)17-10-16(3)11-18(12-17)25(33)35-5)24(32)30-9-8-27(34)20-7-6-19(28)13-21(20)26(27,4)14-30/h6-7,10-13,15,22,34H,8-9,14H2,1-5H3,(H,29,31)/t22-,26?,27+/m1/s1. The average Bonchev–Trinajstić information content (AvgIpc) is 2.82. The van der Waals surface area contributed by atoms with E-state index in [0.29, 0.717) is 24.5 Å². The van der Waals surface area contributed by atoms with Crippen LogP contribution in [0.25, 0.3) is 0 Å². The number of amides is 2. The third kappa shape index (κ3) is 4.10. The van der Waals surface area contributed by atoms with Gasteiger partial charge in [0.1, 0.15) is 11.6 Å². The molecule has 1 saturated heterocycles. The highest BCUT2D eigenvalue weighted by Gasteiger charge is 2.62. The van der Waals surface area contributed by atoms with E-state index in [1.54, 1.807) is 30.0 Å². The fourth-order valence-corrected chi connectivity index (χ4v) is 5.62. The van der Waals surface area contributed by atoms with Gasteiger partial charge >= 0.3 is 5.97 Å². The van der Waals surface area contributed by atoms with Crippen molar-refractivity contribution in [2.75, 3.05) is 20.2 Å². The van der Waals surface area contributed by atoms with Crippen LogP contribution in [0.2, 0.25) is 5.02 Å². The number of aryl methyl sites for hydroxylation is 1. The molecule has 2 N–H and O–H groups in total. The highest BCUT2D eigenvalue weighted by molar-refractivity contribution is 6.30. The smallest absolute Gasteiger partial charge is 0.337 e. The van der Waals surface area contributed by atoms with Gasteiger partial charge in [-0.15, -0.1) is 0 Å². The number of piperidine rings is 1. The Hall–Kier alpha value is -2.90. The van der Waals surface area contributed by atoms with Gasteiger partial charge in [-0.3, -0.25) is 9.59 Å². The normalized spacial score (nSPS) is 23.6. The molecule has 1 heterocycles. The molecule has 1 aliphatic heterocycles. The first-order valence-corrected chi connectivity index (χ1v) is 12.1. The molecular formula is C27H31ClN2O5. The molecule has 1 aliphatic carbocycles. The van der Waals surface area contributed by atoms with Crippen molar-refractivity contribution in [1.29, 1.82) is 0 Å². The number of hydrogen-bond acceptors (Lipinski definition) is 5. The van der Waals surface area contributed by atoms with Crippen LogP contribution in [-0.4, -0.2) is 54.0 Å². The van der Waals surface area contributed by atoms with E-state index in [0.717, 1.165) is 16.7 Å². The molecule has 2 amide bonds. The zero-order valence-electron chi connectivity index (χ0n) is 20.6. The molecule has 4 rings (SSSR count). The number of fused-ring (bicyclic) bond motifs is 4. The number of carbonyl (C=O) groups is 3. The number of rotatable bonds is 5. The second kappa shape index (κ2) is 8.95. The minimum Gasteiger partial charge on any atom is -0.465 e. The van der Waals surface area contributed by atoms with Crippen LogP contribution in [0, 0.1) is 12.8 Å². The van der Waals surface area contributed by atoms with Gasteiger partial charge in [0.15, 0.2) is 0 Å². The molecule has 0 spiro atoms. The van der Waals surface area contributed by atoms with E-state index in [-0.39, 0.29) is 23.0 Å². The van der Waals surface area contributed by atoms with Gasteiger partial charge in [-0.2, -0.15) is 0 Å². The molecule has 186 valence electrons. The van der Waals surface area contributed by atoms with Crippen molar-refractivity contribution in [2.45, 2.75) is 51.2 Å². The summed E-state index contributed by atoms with van der Waals surface area (Å²) in [5.41, 5.74) is 1.46. The minimum atomic E-state index is -1.01. The highest BCUT2D eigenvalue weighted by atomic mass is 35.5. The van der Waals surface area contributed by atoms with Gasteiger partial charge in [0.25, 0.3) is 5.91 Å². The number of aliphatic hydroxyl groups is 1. The van der Waals surface area contributed by atoms with E-state index in [1.165, 1.54) is 13.2 Å². The Morgan fingerprint density at radius 3 is 2.46 bits per heavy atom. The van der Waals surface area contributed by atoms with Crippen LogP contribution < -0.4 is 5.32 Å². The SMILES string of the molecule is COC(=O)c1cc(C)cc(C(=O)N[C@@H](C(=O)N2CC[C@]3(O)c4ccc(Cl)cc4C3(C)C2)C(C)C)c1.